The third-order valence-electron chi connectivity index (χ3n) is 3.16. The van der Waals surface area contributed by atoms with Gasteiger partial charge >= 0.3 is 0 Å². The summed E-state index contributed by atoms with van der Waals surface area (Å²) in [4.78, 5) is 25.3. The number of nitrogens with zero attached hydrogens (tertiary/aromatic N) is 1. The number of benzene rings is 1. The highest BCUT2D eigenvalue weighted by Gasteiger charge is 2.31. The van der Waals surface area contributed by atoms with Gasteiger partial charge in [0.25, 0.3) is 5.91 Å². The summed E-state index contributed by atoms with van der Waals surface area (Å²) in [6, 6.07) is 6.71. The largest absolute Gasteiger partial charge is 0.368 e. The van der Waals surface area contributed by atoms with Crippen LogP contribution in [0.5, 0.6) is 0 Å². The van der Waals surface area contributed by atoms with Gasteiger partial charge in [0.15, 0.2) is 0 Å². The van der Waals surface area contributed by atoms with E-state index in [4.69, 9.17) is 5.73 Å². The van der Waals surface area contributed by atoms with Gasteiger partial charge in [-0.05, 0) is 37.5 Å². The van der Waals surface area contributed by atoms with E-state index in [1.54, 1.807) is 23.1 Å². The Labute approximate surface area is 114 Å². The Morgan fingerprint density at radius 1 is 1.33 bits per heavy atom. The van der Waals surface area contributed by atoms with Gasteiger partial charge in [0.1, 0.15) is 6.04 Å². The molecule has 96 valence electrons. The molecule has 0 radical (unpaired) electrons. The van der Waals surface area contributed by atoms with Crippen LogP contribution in [0.25, 0.3) is 0 Å². The molecule has 0 saturated carbocycles. The Bertz CT molecular complexity index is 476. The first-order chi connectivity index (χ1) is 8.59. The highest BCUT2D eigenvalue weighted by molar-refractivity contribution is 9.10. The van der Waals surface area contributed by atoms with E-state index in [0.717, 1.165) is 17.3 Å². The zero-order chi connectivity index (χ0) is 13.1. The van der Waals surface area contributed by atoms with Gasteiger partial charge in [0.05, 0.1) is 0 Å². The summed E-state index contributed by atoms with van der Waals surface area (Å²) < 4.78 is 0.848. The molecule has 0 bridgehead atoms. The average molecular weight is 311 g/mol. The van der Waals surface area contributed by atoms with Crippen molar-refractivity contribution in [1.82, 2.24) is 4.90 Å². The molecule has 1 aliphatic rings. The quantitative estimate of drug-likeness (QED) is 0.907. The maximum absolute atomic E-state index is 12.4. The van der Waals surface area contributed by atoms with Crippen molar-refractivity contribution in [1.29, 1.82) is 0 Å². The maximum atomic E-state index is 12.4. The fraction of sp³-hybridized carbons (Fsp3) is 0.385. The van der Waals surface area contributed by atoms with Crippen LogP contribution in [0.3, 0.4) is 0 Å². The summed E-state index contributed by atoms with van der Waals surface area (Å²) in [6.45, 7) is 0.596. The molecule has 5 heteroatoms. The lowest BCUT2D eigenvalue weighted by Crippen LogP contribution is -2.50. The van der Waals surface area contributed by atoms with Crippen LogP contribution in [0.15, 0.2) is 28.7 Å². The second-order valence-electron chi connectivity index (χ2n) is 4.42. The fourth-order valence-electron chi connectivity index (χ4n) is 2.26. The van der Waals surface area contributed by atoms with Gasteiger partial charge in [-0.25, -0.2) is 0 Å². The number of nitrogens with two attached hydrogens (primary N) is 1. The minimum absolute atomic E-state index is 0.125. The zero-order valence-electron chi connectivity index (χ0n) is 9.93. The Hall–Kier alpha value is -1.36. The number of rotatable bonds is 2. The number of hydrogen-bond donors (Lipinski definition) is 1. The van der Waals surface area contributed by atoms with Crippen LogP contribution in [0, 0.1) is 0 Å². The van der Waals surface area contributed by atoms with Gasteiger partial charge in [-0.2, -0.15) is 0 Å². The summed E-state index contributed by atoms with van der Waals surface area (Å²) in [7, 11) is 0. The second-order valence-corrected chi connectivity index (χ2v) is 5.34. The van der Waals surface area contributed by atoms with E-state index in [0.29, 0.717) is 18.5 Å². The zero-order valence-corrected chi connectivity index (χ0v) is 11.5. The van der Waals surface area contributed by atoms with Gasteiger partial charge in [-0.15, -0.1) is 0 Å². The molecule has 1 aromatic carbocycles. The number of amides is 2. The van der Waals surface area contributed by atoms with Crippen molar-refractivity contribution < 1.29 is 9.59 Å². The van der Waals surface area contributed by atoms with Crippen molar-refractivity contribution in [3.63, 3.8) is 0 Å². The number of carbonyl (C=O) groups excluding carboxylic acids is 2. The van der Waals surface area contributed by atoms with Gasteiger partial charge in [0.2, 0.25) is 5.91 Å². The molecule has 1 aliphatic heterocycles. The number of hydrogen-bond acceptors (Lipinski definition) is 2. The number of likely N-dealkylation sites (tertiary alicyclic amines) is 1. The molecule has 0 aliphatic carbocycles. The van der Waals surface area contributed by atoms with Crippen molar-refractivity contribution in [2.75, 3.05) is 6.54 Å². The normalized spacial score (nSPS) is 19.6. The first-order valence-electron chi connectivity index (χ1n) is 5.95. The first kappa shape index (κ1) is 13.1. The van der Waals surface area contributed by atoms with Crippen LogP contribution < -0.4 is 5.73 Å². The number of carbonyl (C=O) groups is 2. The van der Waals surface area contributed by atoms with Gasteiger partial charge in [0, 0.05) is 16.6 Å². The highest BCUT2D eigenvalue weighted by atomic mass is 79.9. The Morgan fingerprint density at radius 2 is 2.11 bits per heavy atom. The van der Waals surface area contributed by atoms with Gasteiger partial charge < -0.3 is 10.6 Å². The van der Waals surface area contributed by atoms with E-state index in [2.05, 4.69) is 15.9 Å². The molecule has 1 aromatic rings. The summed E-state index contributed by atoms with van der Waals surface area (Å²) in [6.07, 6.45) is 2.52. The third kappa shape index (κ3) is 2.72. The standard InChI is InChI=1S/C13H15BrN2O2/c14-10-5-3-4-9(8-10)13(18)16-7-2-1-6-11(16)12(15)17/h3-5,8,11H,1-2,6-7H2,(H2,15,17)/t11-/m0/s1. The Kier molecular flexibility index (Phi) is 4.01. The minimum Gasteiger partial charge on any atom is -0.368 e. The van der Waals surface area contributed by atoms with Crippen LogP contribution in [0.4, 0.5) is 0 Å². The van der Waals surface area contributed by atoms with Crippen LogP contribution in [0.1, 0.15) is 29.6 Å². The number of piperidine rings is 1. The van der Waals surface area contributed by atoms with E-state index in [9.17, 15) is 9.59 Å². The van der Waals surface area contributed by atoms with Crippen LogP contribution in [-0.2, 0) is 4.79 Å². The van der Waals surface area contributed by atoms with Crippen molar-refractivity contribution >= 4 is 27.7 Å². The molecule has 0 aromatic heterocycles. The molecular formula is C13H15BrN2O2. The van der Waals surface area contributed by atoms with Crippen molar-refractivity contribution in [2.24, 2.45) is 5.73 Å². The lowest BCUT2D eigenvalue weighted by Gasteiger charge is -2.33. The SMILES string of the molecule is NC(=O)[C@@H]1CCCCN1C(=O)c1cccc(Br)c1. The summed E-state index contributed by atoms with van der Waals surface area (Å²) in [5, 5.41) is 0. The summed E-state index contributed by atoms with van der Waals surface area (Å²) in [5.74, 6) is -0.544. The van der Waals surface area contributed by atoms with E-state index < -0.39 is 11.9 Å². The van der Waals surface area contributed by atoms with Gasteiger partial charge in [-0.1, -0.05) is 22.0 Å². The molecule has 1 saturated heterocycles. The van der Waals surface area contributed by atoms with E-state index >= 15 is 0 Å². The molecule has 2 N–H and O–H groups in total. The molecule has 1 heterocycles. The maximum Gasteiger partial charge on any atom is 0.254 e. The smallest absolute Gasteiger partial charge is 0.254 e. The van der Waals surface area contributed by atoms with Crippen molar-refractivity contribution in [3.05, 3.63) is 34.3 Å². The Morgan fingerprint density at radius 3 is 2.78 bits per heavy atom. The predicted octanol–water partition coefficient (Wildman–Crippen LogP) is 1.93. The van der Waals surface area contributed by atoms with Crippen LogP contribution in [0.2, 0.25) is 0 Å². The average Bonchev–Trinajstić information content (AvgIpc) is 2.38. The third-order valence-corrected chi connectivity index (χ3v) is 3.66. The summed E-state index contributed by atoms with van der Waals surface area (Å²) in [5.41, 5.74) is 5.94. The first-order valence-corrected chi connectivity index (χ1v) is 6.75. The number of primary amides is 1. The highest BCUT2D eigenvalue weighted by Crippen LogP contribution is 2.21. The molecule has 1 fully saturated rings. The molecule has 4 nitrogen and oxygen atoms in total. The topological polar surface area (TPSA) is 63.4 Å². The van der Waals surface area contributed by atoms with E-state index in [-0.39, 0.29) is 5.91 Å². The van der Waals surface area contributed by atoms with Crippen molar-refractivity contribution in [3.8, 4) is 0 Å². The van der Waals surface area contributed by atoms with E-state index in [1.165, 1.54) is 0 Å². The minimum atomic E-state index is -0.467. The van der Waals surface area contributed by atoms with E-state index in [1.807, 2.05) is 6.07 Å². The molecular weight excluding hydrogens is 296 g/mol. The van der Waals surface area contributed by atoms with Gasteiger partial charge in [-0.3, -0.25) is 9.59 Å². The molecule has 2 rings (SSSR count). The van der Waals surface area contributed by atoms with Crippen LogP contribution >= 0.6 is 15.9 Å². The molecule has 2 amide bonds. The molecule has 18 heavy (non-hydrogen) atoms. The fourth-order valence-corrected chi connectivity index (χ4v) is 2.66. The van der Waals surface area contributed by atoms with Crippen molar-refractivity contribution in [2.45, 2.75) is 25.3 Å². The molecule has 0 spiro atoms. The molecule has 1 atom stereocenters. The lowest BCUT2D eigenvalue weighted by molar-refractivity contribution is -0.123. The monoisotopic (exact) mass is 310 g/mol. The van der Waals surface area contributed by atoms with Crippen LogP contribution in [-0.4, -0.2) is 29.3 Å². The molecule has 0 unspecified atom stereocenters. The Balaban J connectivity index is 2.23. The predicted molar refractivity (Wildman–Crippen MR) is 72.0 cm³/mol. The second kappa shape index (κ2) is 5.52. The lowest BCUT2D eigenvalue weighted by atomic mass is 10.0. The summed E-state index contributed by atoms with van der Waals surface area (Å²) >= 11 is 3.34. The number of halogens is 1.